The Morgan fingerprint density at radius 2 is 2.19 bits per heavy atom. The molecule has 1 fully saturated rings. The lowest BCUT2D eigenvalue weighted by atomic mass is 9.96. The first-order chi connectivity index (χ1) is 12.7. The lowest BCUT2D eigenvalue weighted by Gasteiger charge is -2.31. The summed E-state index contributed by atoms with van der Waals surface area (Å²) in [5.41, 5.74) is 0.948. The third-order valence-electron chi connectivity index (χ3n) is 4.85. The van der Waals surface area contributed by atoms with Gasteiger partial charge in [0, 0.05) is 18.2 Å². The number of aromatic nitrogens is 2. The first-order valence-electron chi connectivity index (χ1n) is 9.56. The number of hydrogen-bond acceptors (Lipinski definition) is 5. The Balaban J connectivity index is 1.55. The van der Waals surface area contributed by atoms with Crippen LogP contribution in [0.1, 0.15) is 45.4 Å². The number of piperidine rings is 1. The minimum absolute atomic E-state index is 0.0413. The normalized spacial score (nSPS) is 19.2. The van der Waals surface area contributed by atoms with Crippen LogP contribution in [0.3, 0.4) is 0 Å². The van der Waals surface area contributed by atoms with Gasteiger partial charge < -0.3 is 9.84 Å². The molecule has 1 aromatic carbocycles. The van der Waals surface area contributed by atoms with Gasteiger partial charge in [-0.25, -0.2) is 0 Å². The average molecular weight is 356 g/mol. The lowest BCUT2D eigenvalue weighted by molar-refractivity contribution is -0.127. The molecule has 1 aliphatic rings. The van der Waals surface area contributed by atoms with Gasteiger partial charge in [-0.2, -0.15) is 4.98 Å². The maximum Gasteiger partial charge on any atom is 0.241 e. The van der Waals surface area contributed by atoms with E-state index in [1.54, 1.807) is 0 Å². The monoisotopic (exact) mass is 356 g/mol. The summed E-state index contributed by atoms with van der Waals surface area (Å²) in [7, 11) is 0. The first-order valence-corrected chi connectivity index (χ1v) is 9.56. The molecule has 6 nitrogen and oxygen atoms in total. The summed E-state index contributed by atoms with van der Waals surface area (Å²) in [4.78, 5) is 19.2. The van der Waals surface area contributed by atoms with E-state index in [4.69, 9.17) is 4.52 Å². The van der Waals surface area contributed by atoms with Crippen molar-refractivity contribution >= 4 is 5.91 Å². The third-order valence-corrected chi connectivity index (χ3v) is 4.85. The predicted molar refractivity (Wildman–Crippen MR) is 100 cm³/mol. The number of carbonyl (C=O) groups excluding carboxylic acids is 1. The molecule has 0 bridgehead atoms. The number of nitrogens with zero attached hydrogens (tertiary/aromatic N) is 3. The van der Waals surface area contributed by atoms with Crippen LogP contribution in [-0.2, 0) is 11.3 Å². The van der Waals surface area contributed by atoms with Crippen LogP contribution in [-0.4, -0.2) is 40.1 Å². The fourth-order valence-electron chi connectivity index (χ4n) is 3.49. The summed E-state index contributed by atoms with van der Waals surface area (Å²) in [6.07, 6.45) is 4.06. The van der Waals surface area contributed by atoms with Gasteiger partial charge in [-0.3, -0.25) is 9.69 Å². The zero-order chi connectivity index (χ0) is 18.4. The number of nitrogens with one attached hydrogen (secondary N) is 1. The Labute approximate surface area is 155 Å². The van der Waals surface area contributed by atoms with Crippen LogP contribution in [0.25, 0.3) is 11.4 Å². The standard InChI is InChI=1S/C20H28N4O2/c1-3-8-15(2)21-20(25)17-11-7-12-24(13-17)14-18-22-19(23-26-18)16-9-5-4-6-10-16/h4-6,9-10,15,17H,3,7-8,11-14H2,1-2H3,(H,21,25). The lowest BCUT2D eigenvalue weighted by Crippen LogP contribution is -2.45. The molecule has 1 N–H and O–H groups in total. The van der Waals surface area contributed by atoms with E-state index in [1.807, 2.05) is 30.3 Å². The largest absolute Gasteiger partial charge is 0.353 e. The second-order valence-electron chi connectivity index (χ2n) is 7.15. The molecule has 1 aliphatic heterocycles. The molecule has 0 saturated carbocycles. The van der Waals surface area contributed by atoms with Crippen molar-refractivity contribution in [3.63, 3.8) is 0 Å². The molecule has 2 aromatic rings. The molecular weight excluding hydrogens is 328 g/mol. The third kappa shape index (κ3) is 4.91. The summed E-state index contributed by atoms with van der Waals surface area (Å²) in [5, 5.41) is 7.22. The minimum atomic E-state index is 0.0413. The molecule has 3 rings (SSSR count). The van der Waals surface area contributed by atoms with Gasteiger partial charge >= 0.3 is 0 Å². The van der Waals surface area contributed by atoms with Gasteiger partial charge in [0.1, 0.15) is 0 Å². The molecule has 0 aliphatic carbocycles. The quantitative estimate of drug-likeness (QED) is 0.824. The maximum atomic E-state index is 12.5. The Bertz CT molecular complexity index is 701. The molecule has 6 heteroatoms. The van der Waals surface area contributed by atoms with Gasteiger partial charge in [-0.1, -0.05) is 48.8 Å². The second kappa shape index (κ2) is 8.94. The highest BCUT2D eigenvalue weighted by Crippen LogP contribution is 2.20. The maximum absolute atomic E-state index is 12.5. The Hall–Kier alpha value is -2.21. The van der Waals surface area contributed by atoms with Crippen molar-refractivity contribution in [2.45, 2.75) is 52.1 Å². The highest BCUT2D eigenvalue weighted by molar-refractivity contribution is 5.79. The number of carbonyl (C=O) groups is 1. The fraction of sp³-hybridized carbons (Fsp3) is 0.550. The smallest absolute Gasteiger partial charge is 0.241 e. The number of likely N-dealkylation sites (tertiary alicyclic amines) is 1. The molecule has 0 spiro atoms. The van der Waals surface area contributed by atoms with Crippen LogP contribution in [0.5, 0.6) is 0 Å². The highest BCUT2D eigenvalue weighted by atomic mass is 16.5. The molecule has 1 aromatic heterocycles. The summed E-state index contributed by atoms with van der Waals surface area (Å²) in [6.45, 7) is 6.50. The minimum Gasteiger partial charge on any atom is -0.353 e. The topological polar surface area (TPSA) is 71.3 Å². The van der Waals surface area contributed by atoms with Crippen LogP contribution in [0.2, 0.25) is 0 Å². The molecule has 1 saturated heterocycles. The summed E-state index contributed by atoms with van der Waals surface area (Å²) < 4.78 is 5.41. The van der Waals surface area contributed by atoms with Crippen LogP contribution in [0, 0.1) is 5.92 Å². The molecule has 2 unspecified atom stereocenters. The van der Waals surface area contributed by atoms with Gasteiger partial charge in [-0.15, -0.1) is 0 Å². The van der Waals surface area contributed by atoms with E-state index in [2.05, 4.69) is 34.2 Å². The van der Waals surface area contributed by atoms with Crippen LogP contribution in [0.15, 0.2) is 34.9 Å². The molecule has 1 amide bonds. The summed E-state index contributed by atoms with van der Waals surface area (Å²) in [5.74, 6) is 1.43. The Morgan fingerprint density at radius 1 is 1.38 bits per heavy atom. The Morgan fingerprint density at radius 3 is 2.96 bits per heavy atom. The van der Waals surface area contributed by atoms with Crippen LogP contribution < -0.4 is 5.32 Å². The van der Waals surface area contributed by atoms with Gasteiger partial charge in [0.05, 0.1) is 12.5 Å². The van der Waals surface area contributed by atoms with Crippen molar-refractivity contribution in [1.29, 1.82) is 0 Å². The second-order valence-corrected chi connectivity index (χ2v) is 7.15. The van der Waals surface area contributed by atoms with Crippen LogP contribution >= 0.6 is 0 Å². The molecule has 2 heterocycles. The van der Waals surface area contributed by atoms with Gasteiger partial charge in [0.25, 0.3) is 0 Å². The van der Waals surface area contributed by atoms with Gasteiger partial charge in [0.2, 0.25) is 17.6 Å². The van der Waals surface area contributed by atoms with E-state index in [9.17, 15) is 4.79 Å². The summed E-state index contributed by atoms with van der Waals surface area (Å²) >= 11 is 0. The first kappa shape index (κ1) is 18.6. The van der Waals surface area contributed by atoms with Crippen molar-refractivity contribution in [3.05, 3.63) is 36.2 Å². The Kier molecular flexibility index (Phi) is 6.39. The number of hydrogen-bond donors (Lipinski definition) is 1. The van der Waals surface area contributed by atoms with E-state index < -0.39 is 0 Å². The van der Waals surface area contributed by atoms with Crippen LogP contribution in [0.4, 0.5) is 0 Å². The average Bonchev–Trinajstić information content (AvgIpc) is 3.11. The van der Waals surface area contributed by atoms with E-state index in [-0.39, 0.29) is 17.9 Å². The zero-order valence-corrected chi connectivity index (χ0v) is 15.6. The van der Waals surface area contributed by atoms with E-state index in [0.29, 0.717) is 18.3 Å². The van der Waals surface area contributed by atoms with E-state index in [1.165, 1.54) is 0 Å². The fourth-order valence-corrected chi connectivity index (χ4v) is 3.49. The predicted octanol–water partition coefficient (Wildman–Crippen LogP) is 3.25. The molecule has 0 radical (unpaired) electrons. The number of benzene rings is 1. The zero-order valence-electron chi connectivity index (χ0n) is 15.6. The highest BCUT2D eigenvalue weighted by Gasteiger charge is 2.27. The van der Waals surface area contributed by atoms with Crippen molar-refractivity contribution in [3.8, 4) is 11.4 Å². The van der Waals surface area contributed by atoms with Crippen molar-refractivity contribution < 1.29 is 9.32 Å². The van der Waals surface area contributed by atoms with Gasteiger partial charge in [0.15, 0.2) is 0 Å². The molecule has 2 atom stereocenters. The molecular formula is C20H28N4O2. The van der Waals surface area contributed by atoms with Crippen molar-refractivity contribution in [1.82, 2.24) is 20.4 Å². The van der Waals surface area contributed by atoms with Gasteiger partial charge in [-0.05, 0) is 32.7 Å². The van der Waals surface area contributed by atoms with E-state index >= 15 is 0 Å². The van der Waals surface area contributed by atoms with Crippen molar-refractivity contribution in [2.75, 3.05) is 13.1 Å². The van der Waals surface area contributed by atoms with Crippen molar-refractivity contribution in [2.24, 2.45) is 5.92 Å². The molecule has 26 heavy (non-hydrogen) atoms. The number of rotatable bonds is 7. The van der Waals surface area contributed by atoms with E-state index in [0.717, 1.165) is 44.3 Å². The molecule has 140 valence electrons. The SMILES string of the molecule is CCCC(C)NC(=O)C1CCCN(Cc2nc(-c3ccccc3)no2)C1. The number of amides is 1. The summed E-state index contributed by atoms with van der Waals surface area (Å²) in [6, 6.07) is 10.1.